The number of carbonyl (C=O) groups excluding carboxylic acids is 1. The highest BCUT2D eigenvalue weighted by Crippen LogP contribution is 2.31. The van der Waals surface area contributed by atoms with Crippen molar-refractivity contribution in [3.8, 4) is 0 Å². The number of piperazine rings is 1. The molecule has 2 aromatic carbocycles. The third-order valence-electron chi connectivity index (χ3n) is 8.57. The van der Waals surface area contributed by atoms with Crippen molar-refractivity contribution in [3.05, 3.63) is 64.9 Å². The highest BCUT2D eigenvalue weighted by Gasteiger charge is 2.32. The van der Waals surface area contributed by atoms with Crippen LogP contribution in [-0.2, 0) is 27.7 Å². The van der Waals surface area contributed by atoms with Crippen molar-refractivity contribution >= 4 is 33.1 Å². The molecule has 1 amide bonds. The lowest BCUT2D eigenvalue weighted by molar-refractivity contribution is 0.0904. The topological polar surface area (TPSA) is 123 Å². The van der Waals surface area contributed by atoms with E-state index in [0.29, 0.717) is 48.3 Å². The van der Waals surface area contributed by atoms with E-state index in [0.717, 1.165) is 61.1 Å². The van der Waals surface area contributed by atoms with Gasteiger partial charge in [0.1, 0.15) is 18.3 Å². The molecule has 2 saturated heterocycles. The molecule has 242 valence electrons. The Morgan fingerprint density at radius 3 is 2.47 bits per heavy atom. The number of H-pyrrole nitrogens is 1. The summed E-state index contributed by atoms with van der Waals surface area (Å²) in [6.45, 7) is 4.21. The number of hydrogen-bond donors (Lipinski definition) is 3. The summed E-state index contributed by atoms with van der Waals surface area (Å²) in [5, 5.41) is 13.5. The summed E-state index contributed by atoms with van der Waals surface area (Å²) in [4.78, 5) is 17.6. The van der Waals surface area contributed by atoms with Crippen LogP contribution in [0.5, 0.6) is 0 Å². The van der Waals surface area contributed by atoms with Crippen LogP contribution in [0.4, 0.5) is 30.4 Å². The van der Waals surface area contributed by atoms with E-state index >= 15 is 0 Å². The van der Waals surface area contributed by atoms with Gasteiger partial charge in [0.15, 0.2) is 5.82 Å². The average molecular weight is 648 g/mol. The predicted molar refractivity (Wildman–Crippen MR) is 163 cm³/mol. The monoisotopic (exact) mass is 647 g/mol. The van der Waals surface area contributed by atoms with Crippen LogP contribution < -0.4 is 15.5 Å². The van der Waals surface area contributed by atoms with E-state index in [1.165, 1.54) is 0 Å². The van der Waals surface area contributed by atoms with Gasteiger partial charge in [-0.2, -0.15) is 9.40 Å². The summed E-state index contributed by atoms with van der Waals surface area (Å²) in [6, 6.07) is 7.91. The van der Waals surface area contributed by atoms with Gasteiger partial charge in [-0.3, -0.25) is 14.8 Å². The maximum Gasteiger partial charge on any atom is 0.258 e. The van der Waals surface area contributed by atoms with E-state index in [9.17, 15) is 26.4 Å². The van der Waals surface area contributed by atoms with Gasteiger partial charge in [0, 0.05) is 100 Å². The molecule has 15 heteroatoms. The number of nitrogens with one attached hydrogen (secondary N) is 3. The lowest BCUT2D eigenvalue weighted by atomic mass is 10.1. The molecule has 0 saturated carbocycles. The number of nitrogens with zero attached hydrogens (tertiary/aromatic N) is 4. The molecule has 2 fully saturated rings. The standard InChI is InChI=1S/C30H36F3N7O4S/c31-6-8-38-9-11-39(12-10-38)23-1-2-25(28(18-23)34-22-4-13-44-14-5-22)30(41)35-29-26-19-40(7-3-27(26)36-37-29)45(42,43)24-16-20(32)15-21(33)17-24/h1-2,15-18,22,34H,3-14,19H2,(H2,35,36,37,41). The number of anilines is 3. The second-order valence-electron chi connectivity index (χ2n) is 11.5. The number of hydrogen-bond acceptors (Lipinski definition) is 8. The summed E-state index contributed by atoms with van der Waals surface area (Å²) in [5.41, 5.74) is 3.16. The first-order chi connectivity index (χ1) is 21.7. The van der Waals surface area contributed by atoms with Crippen molar-refractivity contribution in [1.82, 2.24) is 19.4 Å². The lowest BCUT2D eigenvalue weighted by Crippen LogP contribution is -2.47. The van der Waals surface area contributed by atoms with Gasteiger partial charge >= 0.3 is 0 Å². The normalized spacial score (nSPS) is 18.5. The maximum absolute atomic E-state index is 13.8. The second-order valence-corrected chi connectivity index (χ2v) is 13.4. The van der Waals surface area contributed by atoms with Gasteiger partial charge < -0.3 is 20.3 Å². The molecule has 3 aromatic rings. The number of amides is 1. The quantitative estimate of drug-likeness (QED) is 0.323. The van der Waals surface area contributed by atoms with Crippen LogP contribution in [0.25, 0.3) is 0 Å². The highest BCUT2D eigenvalue weighted by atomic mass is 32.2. The molecule has 0 aliphatic carbocycles. The Labute approximate surface area is 259 Å². The minimum absolute atomic E-state index is 0.0751. The third-order valence-corrected chi connectivity index (χ3v) is 10.4. The summed E-state index contributed by atoms with van der Waals surface area (Å²) in [5.74, 6) is -2.22. The Balaban J connectivity index is 1.22. The number of sulfonamides is 1. The number of alkyl halides is 1. The van der Waals surface area contributed by atoms with Crippen molar-refractivity contribution in [1.29, 1.82) is 0 Å². The molecule has 4 heterocycles. The Hall–Kier alpha value is -3.66. The number of fused-ring (bicyclic) bond motifs is 1. The fraction of sp³-hybridized carbons (Fsp3) is 0.467. The van der Waals surface area contributed by atoms with E-state index in [1.807, 2.05) is 12.1 Å². The molecule has 0 bridgehead atoms. The van der Waals surface area contributed by atoms with Gasteiger partial charge in [-0.15, -0.1) is 0 Å². The summed E-state index contributed by atoms with van der Waals surface area (Å²) < 4.78 is 73.6. The summed E-state index contributed by atoms with van der Waals surface area (Å²) in [6.07, 6.45) is 1.86. The van der Waals surface area contributed by atoms with Crippen molar-refractivity contribution in [2.24, 2.45) is 0 Å². The molecule has 3 N–H and O–H groups in total. The molecule has 3 aliphatic heterocycles. The van der Waals surface area contributed by atoms with Gasteiger partial charge in [0.05, 0.1) is 10.5 Å². The minimum atomic E-state index is -4.22. The van der Waals surface area contributed by atoms with Crippen LogP contribution >= 0.6 is 0 Å². The fourth-order valence-electron chi connectivity index (χ4n) is 6.04. The summed E-state index contributed by atoms with van der Waals surface area (Å²) >= 11 is 0. The van der Waals surface area contributed by atoms with E-state index < -0.39 is 32.5 Å². The number of halogens is 3. The minimum Gasteiger partial charge on any atom is -0.381 e. The molecule has 45 heavy (non-hydrogen) atoms. The molecule has 3 aliphatic rings. The zero-order valence-electron chi connectivity index (χ0n) is 24.7. The predicted octanol–water partition coefficient (Wildman–Crippen LogP) is 3.37. The number of rotatable bonds is 9. The molecule has 11 nitrogen and oxygen atoms in total. The summed E-state index contributed by atoms with van der Waals surface area (Å²) in [7, 11) is -4.22. The van der Waals surface area contributed by atoms with Crippen LogP contribution in [0, 0.1) is 11.6 Å². The number of carbonyl (C=O) groups is 1. The van der Waals surface area contributed by atoms with Crippen LogP contribution in [0.2, 0.25) is 0 Å². The van der Waals surface area contributed by atoms with Crippen LogP contribution in [-0.4, -0.2) is 98.9 Å². The van der Waals surface area contributed by atoms with Crippen molar-refractivity contribution in [2.75, 3.05) is 74.7 Å². The zero-order chi connectivity index (χ0) is 31.6. The maximum atomic E-state index is 13.8. The molecule has 1 aromatic heterocycles. The van der Waals surface area contributed by atoms with Crippen LogP contribution in [0.15, 0.2) is 41.3 Å². The molecule has 0 unspecified atom stereocenters. The molecule has 0 spiro atoms. The van der Waals surface area contributed by atoms with E-state index in [-0.39, 0.29) is 38.0 Å². The first-order valence-electron chi connectivity index (χ1n) is 15.1. The number of aromatic amines is 1. The molecular weight excluding hydrogens is 611 g/mol. The van der Waals surface area contributed by atoms with Crippen molar-refractivity contribution in [2.45, 2.75) is 36.7 Å². The van der Waals surface area contributed by atoms with Gasteiger partial charge in [-0.25, -0.2) is 21.6 Å². The second kappa shape index (κ2) is 13.4. The molecule has 0 radical (unpaired) electrons. The van der Waals surface area contributed by atoms with Crippen LogP contribution in [0.1, 0.15) is 34.5 Å². The van der Waals surface area contributed by atoms with Gasteiger partial charge in [0.2, 0.25) is 10.0 Å². The Kier molecular flexibility index (Phi) is 9.31. The van der Waals surface area contributed by atoms with Gasteiger partial charge in [0.25, 0.3) is 5.91 Å². The lowest BCUT2D eigenvalue weighted by Gasteiger charge is -2.36. The van der Waals surface area contributed by atoms with Gasteiger partial charge in [-0.1, -0.05) is 0 Å². The van der Waals surface area contributed by atoms with Crippen molar-refractivity contribution in [3.63, 3.8) is 0 Å². The van der Waals surface area contributed by atoms with Crippen LogP contribution in [0.3, 0.4) is 0 Å². The van der Waals surface area contributed by atoms with E-state index in [1.54, 1.807) is 6.07 Å². The highest BCUT2D eigenvalue weighted by molar-refractivity contribution is 7.89. The smallest absolute Gasteiger partial charge is 0.258 e. The SMILES string of the molecule is O=C(Nc1n[nH]c2c1CN(S(=O)(=O)c1cc(F)cc(F)c1)CC2)c1ccc(N2CCN(CCF)CC2)cc1NC1CCOCC1. The Bertz CT molecular complexity index is 1620. The Morgan fingerprint density at radius 2 is 1.76 bits per heavy atom. The molecular formula is C30H36F3N7O4S. The zero-order valence-corrected chi connectivity index (χ0v) is 25.5. The molecule has 6 rings (SSSR count). The first kappa shape index (κ1) is 31.3. The largest absolute Gasteiger partial charge is 0.381 e. The van der Waals surface area contributed by atoms with E-state index in [2.05, 4.69) is 30.6 Å². The van der Waals surface area contributed by atoms with Crippen molar-refractivity contribution < 1.29 is 31.1 Å². The number of aromatic nitrogens is 2. The van der Waals surface area contributed by atoms with E-state index in [4.69, 9.17) is 4.74 Å². The van der Waals surface area contributed by atoms with Gasteiger partial charge in [-0.05, 0) is 43.2 Å². The fourth-order valence-corrected chi connectivity index (χ4v) is 7.49. The third kappa shape index (κ3) is 6.95. The average Bonchev–Trinajstić information content (AvgIpc) is 3.43. The molecule has 0 atom stereocenters. The number of ether oxygens (including phenoxy) is 1. The number of benzene rings is 2. The Morgan fingerprint density at radius 1 is 1.02 bits per heavy atom. The first-order valence-corrected chi connectivity index (χ1v) is 16.5.